The fraction of sp³-hybridized carbons (Fsp3) is 0.348. The third-order valence-electron chi connectivity index (χ3n) is 5.24. The zero-order chi connectivity index (χ0) is 23.6. The fourth-order valence-corrected chi connectivity index (χ4v) is 4.18. The number of esters is 1. The smallest absolute Gasteiger partial charge is 0.309 e. The van der Waals surface area contributed by atoms with Crippen molar-refractivity contribution in [3.63, 3.8) is 0 Å². The molecule has 10 heteroatoms. The number of rotatable bonds is 8. The minimum atomic E-state index is -0.405. The van der Waals surface area contributed by atoms with E-state index in [2.05, 4.69) is 10.2 Å². The highest BCUT2D eigenvalue weighted by Crippen LogP contribution is 2.32. The average Bonchev–Trinajstić information content (AvgIpc) is 2.83. The van der Waals surface area contributed by atoms with Gasteiger partial charge in [0.25, 0.3) is 5.69 Å². The van der Waals surface area contributed by atoms with Crippen molar-refractivity contribution in [3.05, 3.63) is 69.8 Å². The summed E-state index contributed by atoms with van der Waals surface area (Å²) in [5, 5.41) is 19.9. The molecule has 1 aliphatic rings. The maximum absolute atomic E-state index is 11.9. The molecule has 0 bridgehead atoms. The number of benzene rings is 2. The van der Waals surface area contributed by atoms with Crippen LogP contribution in [0.3, 0.4) is 0 Å². The molecule has 3 rings (SSSR count). The lowest BCUT2D eigenvalue weighted by atomic mass is 9.96. The summed E-state index contributed by atoms with van der Waals surface area (Å²) in [6, 6.07) is 14.8. The molecule has 174 valence electrons. The molecule has 0 aromatic heterocycles. The molecule has 2 aromatic carbocycles. The summed E-state index contributed by atoms with van der Waals surface area (Å²) in [6.45, 7) is 3.24. The van der Waals surface area contributed by atoms with Crippen molar-refractivity contribution in [2.45, 2.75) is 25.5 Å². The van der Waals surface area contributed by atoms with Crippen molar-refractivity contribution in [2.24, 2.45) is 21.9 Å². The van der Waals surface area contributed by atoms with Crippen LogP contribution in [0.25, 0.3) is 0 Å². The Balaban J connectivity index is 1.62. The first-order chi connectivity index (χ1) is 16.0. The van der Waals surface area contributed by atoms with E-state index in [4.69, 9.17) is 10.5 Å². The minimum Gasteiger partial charge on any atom is -0.466 e. The van der Waals surface area contributed by atoms with Gasteiger partial charge in [-0.2, -0.15) is 5.10 Å². The van der Waals surface area contributed by atoms with E-state index in [0.717, 1.165) is 5.56 Å². The monoisotopic (exact) mass is 469 g/mol. The first-order valence-corrected chi connectivity index (χ1v) is 11.7. The third kappa shape index (κ3) is 7.04. The van der Waals surface area contributed by atoms with Crippen LogP contribution in [-0.2, 0) is 15.3 Å². The lowest BCUT2D eigenvalue weighted by Gasteiger charge is -2.32. The number of amidine groups is 1. The molecule has 0 radical (unpaired) electrons. The molecule has 33 heavy (non-hydrogen) atoms. The topological polar surface area (TPSA) is 123 Å². The first-order valence-electron chi connectivity index (χ1n) is 10.7. The summed E-state index contributed by atoms with van der Waals surface area (Å²) < 4.78 is 5.09. The molecule has 9 nitrogen and oxygen atoms in total. The van der Waals surface area contributed by atoms with Crippen molar-refractivity contribution in [1.82, 2.24) is 0 Å². The number of nitro benzene ring substituents is 1. The Labute approximate surface area is 196 Å². The van der Waals surface area contributed by atoms with Crippen LogP contribution in [0, 0.1) is 16.0 Å². The zero-order valence-corrected chi connectivity index (χ0v) is 19.2. The molecule has 0 aliphatic carbocycles. The van der Waals surface area contributed by atoms with Gasteiger partial charge in [0, 0.05) is 30.5 Å². The second-order valence-corrected chi connectivity index (χ2v) is 8.47. The highest BCUT2D eigenvalue weighted by Gasteiger charge is 2.29. The van der Waals surface area contributed by atoms with Crippen LogP contribution in [0.15, 0.2) is 58.7 Å². The van der Waals surface area contributed by atoms with Crippen LogP contribution in [0.4, 0.5) is 11.4 Å². The molecular weight excluding hydrogens is 442 g/mol. The normalized spacial score (nSPS) is 15.1. The Kier molecular flexibility index (Phi) is 8.82. The average molecular weight is 470 g/mol. The quantitative estimate of drug-likeness (QED) is 0.204. The van der Waals surface area contributed by atoms with E-state index < -0.39 is 4.92 Å². The number of thioether (sulfide) groups is 1. The van der Waals surface area contributed by atoms with Crippen LogP contribution in [-0.4, -0.2) is 42.0 Å². The Morgan fingerprint density at radius 3 is 2.67 bits per heavy atom. The molecule has 2 N–H and O–H groups in total. The van der Waals surface area contributed by atoms with Crippen molar-refractivity contribution >= 4 is 40.5 Å². The Bertz CT molecular complexity index is 1020. The van der Waals surface area contributed by atoms with E-state index in [1.807, 2.05) is 35.2 Å². The number of nitro groups is 1. The number of carbonyl (C=O) groups excluding carboxylic acids is 1. The number of piperidine rings is 1. The number of carbonyl (C=O) groups is 1. The fourth-order valence-electron chi connectivity index (χ4n) is 3.56. The maximum atomic E-state index is 11.9. The van der Waals surface area contributed by atoms with Gasteiger partial charge in [0.2, 0.25) is 0 Å². The third-order valence-corrected chi connectivity index (χ3v) is 6.10. The predicted molar refractivity (Wildman–Crippen MR) is 132 cm³/mol. The molecule has 1 aliphatic heterocycles. The minimum absolute atomic E-state index is 0.0102. The Hall–Kier alpha value is -3.40. The highest BCUT2D eigenvalue weighted by molar-refractivity contribution is 8.13. The zero-order valence-electron chi connectivity index (χ0n) is 18.4. The highest BCUT2D eigenvalue weighted by atomic mass is 32.2. The molecule has 0 amide bonds. The number of hydrogen-bond acceptors (Lipinski definition) is 8. The van der Waals surface area contributed by atoms with Crippen molar-refractivity contribution in [3.8, 4) is 0 Å². The Morgan fingerprint density at radius 2 is 2.00 bits per heavy atom. The van der Waals surface area contributed by atoms with Crippen LogP contribution < -0.4 is 10.6 Å². The van der Waals surface area contributed by atoms with Crippen molar-refractivity contribution in [2.75, 3.05) is 24.6 Å². The largest absolute Gasteiger partial charge is 0.466 e. The molecular formula is C23H27N5O4S. The van der Waals surface area contributed by atoms with Gasteiger partial charge in [0.1, 0.15) is 5.69 Å². The number of ether oxygens (including phenoxy) is 1. The molecule has 1 fully saturated rings. The number of hydrogen-bond donors (Lipinski definition) is 1. The van der Waals surface area contributed by atoms with E-state index in [-0.39, 0.29) is 17.6 Å². The van der Waals surface area contributed by atoms with Crippen molar-refractivity contribution in [1.29, 1.82) is 0 Å². The number of nitrogens with zero attached hydrogens (tertiary/aromatic N) is 4. The van der Waals surface area contributed by atoms with E-state index >= 15 is 0 Å². The van der Waals surface area contributed by atoms with E-state index in [0.29, 0.717) is 54.7 Å². The van der Waals surface area contributed by atoms with Gasteiger partial charge in [-0.1, -0.05) is 48.2 Å². The molecule has 0 saturated carbocycles. The van der Waals surface area contributed by atoms with Gasteiger partial charge >= 0.3 is 5.97 Å². The summed E-state index contributed by atoms with van der Waals surface area (Å²) in [6.07, 6.45) is 2.65. The summed E-state index contributed by atoms with van der Waals surface area (Å²) in [5.41, 5.74) is 8.09. The molecule has 0 atom stereocenters. The molecule has 2 aromatic rings. The van der Waals surface area contributed by atoms with Gasteiger partial charge in [-0.15, -0.1) is 5.10 Å². The van der Waals surface area contributed by atoms with Gasteiger partial charge in [0.05, 0.1) is 23.7 Å². The van der Waals surface area contributed by atoms with Crippen LogP contribution in [0.2, 0.25) is 0 Å². The summed E-state index contributed by atoms with van der Waals surface area (Å²) in [5.74, 6) is 0.327. The molecule has 0 unspecified atom stereocenters. The lowest BCUT2D eigenvalue weighted by molar-refractivity contribution is -0.384. The number of nitrogens with two attached hydrogens (primary N) is 1. The summed E-state index contributed by atoms with van der Waals surface area (Å²) in [4.78, 5) is 25.2. The second-order valence-electron chi connectivity index (χ2n) is 7.48. The van der Waals surface area contributed by atoms with E-state index in [1.54, 1.807) is 19.1 Å². The number of anilines is 1. The summed E-state index contributed by atoms with van der Waals surface area (Å²) >= 11 is 1.37. The molecule has 0 spiro atoms. The maximum Gasteiger partial charge on any atom is 0.309 e. The van der Waals surface area contributed by atoms with Gasteiger partial charge in [-0.25, -0.2) is 0 Å². The van der Waals surface area contributed by atoms with Gasteiger partial charge < -0.3 is 15.4 Å². The second kappa shape index (κ2) is 12.0. The van der Waals surface area contributed by atoms with Gasteiger partial charge in [-0.3, -0.25) is 14.9 Å². The van der Waals surface area contributed by atoms with E-state index in [9.17, 15) is 14.9 Å². The van der Waals surface area contributed by atoms with Gasteiger partial charge in [-0.05, 0) is 31.4 Å². The summed E-state index contributed by atoms with van der Waals surface area (Å²) in [7, 11) is 0. The van der Waals surface area contributed by atoms with Crippen LogP contribution in [0.1, 0.15) is 30.9 Å². The van der Waals surface area contributed by atoms with E-state index in [1.165, 1.54) is 24.0 Å². The van der Waals surface area contributed by atoms with Crippen LogP contribution >= 0.6 is 11.8 Å². The molecule has 1 saturated heterocycles. The molecule has 1 heterocycles. The first kappa shape index (κ1) is 24.2. The van der Waals surface area contributed by atoms with Gasteiger partial charge in [0.15, 0.2) is 5.17 Å². The predicted octanol–water partition coefficient (Wildman–Crippen LogP) is 3.96. The standard InChI is InChI=1S/C23H27N5O4S/c1-2-32-22(29)19-10-12-27(13-11-19)20-9-8-18(14-21(20)28(30)31)15-25-26-23(24)33-16-17-6-4-3-5-7-17/h3-9,14-15,19H,2,10-13,16H2,1H3,(H2,24,26). The lowest BCUT2D eigenvalue weighted by Crippen LogP contribution is -2.37. The SMILES string of the molecule is CCOC(=O)C1CCN(c2ccc(C=NN=C(N)SCc3ccccc3)cc2[N+](=O)[O-])CC1. The van der Waals surface area contributed by atoms with Crippen molar-refractivity contribution < 1.29 is 14.5 Å². The van der Waals surface area contributed by atoms with Crippen LogP contribution in [0.5, 0.6) is 0 Å². The Morgan fingerprint density at radius 1 is 1.27 bits per heavy atom.